The summed E-state index contributed by atoms with van der Waals surface area (Å²) in [5, 5.41) is 1.07. The molecule has 0 atom stereocenters. The van der Waals surface area contributed by atoms with Crippen molar-refractivity contribution in [3.63, 3.8) is 0 Å². The summed E-state index contributed by atoms with van der Waals surface area (Å²) in [6, 6.07) is 8.26. The standard InChI is InChI=1S/C16H20N2OS/c1-10(2)9-18(13-4-5-13)16(19)15-8-11-7-12(17)3-6-14(11)20-15/h3,6-8,10,13H,4-5,9,17H2,1-2H3. The van der Waals surface area contributed by atoms with Crippen LogP contribution in [0.4, 0.5) is 5.69 Å². The predicted octanol–water partition coefficient (Wildman–Crippen LogP) is 3.74. The molecule has 1 aromatic carbocycles. The molecule has 1 saturated carbocycles. The number of carbonyl (C=O) groups excluding carboxylic acids is 1. The molecule has 0 unspecified atom stereocenters. The largest absolute Gasteiger partial charge is 0.399 e. The summed E-state index contributed by atoms with van der Waals surface area (Å²) in [6.07, 6.45) is 2.30. The third-order valence-corrected chi connectivity index (χ3v) is 4.67. The smallest absolute Gasteiger partial charge is 0.264 e. The summed E-state index contributed by atoms with van der Waals surface area (Å²) in [5.41, 5.74) is 6.55. The van der Waals surface area contributed by atoms with Crippen LogP contribution in [0.5, 0.6) is 0 Å². The number of nitrogens with two attached hydrogens (primary N) is 1. The Balaban J connectivity index is 1.90. The van der Waals surface area contributed by atoms with Crippen LogP contribution < -0.4 is 5.73 Å². The highest BCUT2D eigenvalue weighted by molar-refractivity contribution is 7.20. The van der Waals surface area contributed by atoms with Gasteiger partial charge in [0.1, 0.15) is 0 Å². The van der Waals surface area contributed by atoms with E-state index < -0.39 is 0 Å². The molecule has 1 heterocycles. The molecule has 4 heteroatoms. The van der Waals surface area contributed by atoms with Crippen LogP contribution in [0.25, 0.3) is 10.1 Å². The highest BCUT2D eigenvalue weighted by Gasteiger charge is 2.33. The average molecular weight is 288 g/mol. The predicted molar refractivity (Wildman–Crippen MR) is 85.1 cm³/mol. The summed E-state index contributed by atoms with van der Waals surface area (Å²) >= 11 is 1.57. The maximum Gasteiger partial charge on any atom is 0.264 e. The van der Waals surface area contributed by atoms with Crippen molar-refractivity contribution in [2.45, 2.75) is 32.7 Å². The van der Waals surface area contributed by atoms with Crippen LogP contribution in [0.1, 0.15) is 36.4 Å². The third-order valence-electron chi connectivity index (χ3n) is 3.56. The minimum Gasteiger partial charge on any atom is -0.399 e. The van der Waals surface area contributed by atoms with E-state index in [1.54, 1.807) is 11.3 Å². The van der Waals surface area contributed by atoms with Crippen LogP contribution in [0, 0.1) is 5.92 Å². The lowest BCUT2D eigenvalue weighted by molar-refractivity contribution is 0.0727. The number of nitrogens with zero attached hydrogens (tertiary/aromatic N) is 1. The minimum absolute atomic E-state index is 0.181. The first-order valence-corrected chi connectivity index (χ1v) is 7.96. The van der Waals surface area contributed by atoms with Crippen molar-refractivity contribution in [2.75, 3.05) is 12.3 Å². The number of benzene rings is 1. The Morgan fingerprint density at radius 2 is 2.15 bits per heavy atom. The summed E-state index contributed by atoms with van der Waals surface area (Å²) < 4.78 is 1.13. The van der Waals surface area contributed by atoms with E-state index in [0.717, 1.165) is 40.0 Å². The quantitative estimate of drug-likeness (QED) is 0.871. The second-order valence-electron chi connectivity index (χ2n) is 5.99. The second kappa shape index (κ2) is 5.09. The van der Waals surface area contributed by atoms with E-state index >= 15 is 0 Å². The van der Waals surface area contributed by atoms with Crippen molar-refractivity contribution in [2.24, 2.45) is 5.92 Å². The number of thiophene rings is 1. The third kappa shape index (κ3) is 2.66. The van der Waals surface area contributed by atoms with Gasteiger partial charge in [0.25, 0.3) is 5.91 Å². The van der Waals surface area contributed by atoms with Gasteiger partial charge in [0.05, 0.1) is 4.88 Å². The van der Waals surface area contributed by atoms with Crippen LogP contribution in [-0.4, -0.2) is 23.4 Å². The number of hydrogen-bond acceptors (Lipinski definition) is 3. The van der Waals surface area contributed by atoms with Crippen molar-refractivity contribution in [1.29, 1.82) is 0 Å². The van der Waals surface area contributed by atoms with Gasteiger partial charge in [-0.3, -0.25) is 4.79 Å². The Morgan fingerprint density at radius 1 is 1.40 bits per heavy atom. The molecule has 1 aliphatic carbocycles. The molecule has 2 N–H and O–H groups in total. The van der Waals surface area contributed by atoms with Crippen LogP contribution in [-0.2, 0) is 0 Å². The zero-order valence-electron chi connectivity index (χ0n) is 11.9. The molecular formula is C16H20N2OS. The normalized spacial score (nSPS) is 14.9. The van der Waals surface area contributed by atoms with Gasteiger partial charge >= 0.3 is 0 Å². The fourth-order valence-corrected chi connectivity index (χ4v) is 3.49. The molecule has 3 nitrogen and oxygen atoms in total. The van der Waals surface area contributed by atoms with E-state index in [1.807, 2.05) is 24.3 Å². The highest BCUT2D eigenvalue weighted by Crippen LogP contribution is 2.33. The van der Waals surface area contributed by atoms with Gasteiger partial charge in [0, 0.05) is 23.0 Å². The van der Waals surface area contributed by atoms with Crippen LogP contribution >= 0.6 is 11.3 Å². The van der Waals surface area contributed by atoms with Crippen molar-refractivity contribution >= 4 is 33.0 Å². The molecular weight excluding hydrogens is 268 g/mol. The molecule has 1 aliphatic rings. The lowest BCUT2D eigenvalue weighted by Crippen LogP contribution is -2.35. The maximum atomic E-state index is 12.7. The van der Waals surface area contributed by atoms with Crippen molar-refractivity contribution < 1.29 is 4.79 Å². The molecule has 0 bridgehead atoms. The summed E-state index contributed by atoms with van der Waals surface area (Å²) in [5.74, 6) is 0.686. The Hall–Kier alpha value is -1.55. The van der Waals surface area contributed by atoms with E-state index in [0.29, 0.717) is 12.0 Å². The molecule has 0 aliphatic heterocycles. The average Bonchev–Trinajstić information content (AvgIpc) is 3.14. The monoisotopic (exact) mass is 288 g/mol. The lowest BCUT2D eigenvalue weighted by atomic mass is 10.2. The first-order chi connectivity index (χ1) is 9.54. The molecule has 1 aromatic heterocycles. The molecule has 106 valence electrons. The highest BCUT2D eigenvalue weighted by atomic mass is 32.1. The molecule has 1 fully saturated rings. The fourth-order valence-electron chi connectivity index (χ4n) is 2.49. The van der Waals surface area contributed by atoms with Gasteiger partial charge in [-0.05, 0) is 48.4 Å². The van der Waals surface area contributed by atoms with Crippen LogP contribution in [0.2, 0.25) is 0 Å². The zero-order valence-corrected chi connectivity index (χ0v) is 12.7. The van der Waals surface area contributed by atoms with Crippen LogP contribution in [0.3, 0.4) is 0 Å². The first kappa shape index (κ1) is 13.4. The molecule has 0 spiro atoms. The van der Waals surface area contributed by atoms with Gasteiger partial charge in [0.2, 0.25) is 0 Å². The van der Waals surface area contributed by atoms with Gasteiger partial charge in [0.15, 0.2) is 0 Å². The Bertz CT molecular complexity index is 643. The van der Waals surface area contributed by atoms with Gasteiger partial charge < -0.3 is 10.6 Å². The van der Waals surface area contributed by atoms with Gasteiger partial charge in [-0.25, -0.2) is 0 Å². The first-order valence-electron chi connectivity index (χ1n) is 7.14. The Morgan fingerprint density at radius 3 is 2.80 bits per heavy atom. The van der Waals surface area contributed by atoms with E-state index in [-0.39, 0.29) is 5.91 Å². The summed E-state index contributed by atoms with van der Waals surface area (Å²) in [6.45, 7) is 5.17. The molecule has 20 heavy (non-hydrogen) atoms. The zero-order chi connectivity index (χ0) is 14.3. The number of nitrogen functional groups attached to an aromatic ring is 1. The Kier molecular flexibility index (Phi) is 3.42. The Labute approximate surface area is 123 Å². The van der Waals surface area contributed by atoms with E-state index in [9.17, 15) is 4.79 Å². The molecule has 0 radical (unpaired) electrons. The minimum atomic E-state index is 0.181. The second-order valence-corrected chi connectivity index (χ2v) is 7.07. The van der Waals surface area contributed by atoms with E-state index in [1.165, 1.54) is 0 Å². The SMILES string of the molecule is CC(C)CN(C(=O)c1cc2cc(N)ccc2s1)C1CC1. The summed E-state index contributed by atoms with van der Waals surface area (Å²) in [7, 11) is 0. The van der Waals surface area contributed by atoms with Gasteiger partial charge in [-0.15, -0.1) is 11.3 Å². The van der Waals surface area contributed by atoms with Crippen molar-refractivity contribution in [1.82, 2.24) is 4.90 Å². The fraction of sp³-hybridized carbons (Fsp3) is 0.438. The van der Waals surface area contributed by atoms with Crippen molar-refractivity contribution in [3.05, 3.63) is 29.1 Å². The topological polar surface area (TPSA) is 46.3 Å². The summed E-state index contributed by atoms with van der Waals surface area (Å²) in [4.78, 5) is 15.6. The lowest BCUT2D eigenvalue weighted by Gasteiger charge is -2.23. The van der Waals surface area contributed by atoms with Crippen LogP contribution in [0.15, 0.2) is 24.3 Å². The molecule has 3 rings (SSSR count). The molecule has 0 saturated heterocycles. The molecule has 2 aromatic rings. The van der Waals surface area contributed by atoms with Crippen molar-refractivity contribution in [3.8, 4) is 0 Å². The number of rotatable bonds is 4. The molecule has 1 amide bonds. The number of carbonyl (C=O) groups is 1. The van der Waals surface area contributed by atoms with E-state index in [2.05, 4.69) is 18.7 Å². The van der Waals surface area contributed by atoms with E-state index in [4.69, 9.17) is 5.73 Å². The number of anilines is 1. The number of hydrogen-bond donors (Lipinski definition) is 1. The number of fused-ring (bicyclic) bond motifs is 1. The maximum absolute atomic E-state index is 12.7. The number of amides is 1. The van der Waals surface area contributed by atoms with Gasteiger partial charge in [-0.1, -0.05) is 13.8 Å². The van der Waals surface area contributed by atoms with Gasteiger partial charge in [-0.2, -0.15) is 0 Å².